The van der Waals surface area contributed by atoms with E-state index in [1.54, 1.807) is 6.20 Å². The number of pyridine rings is 1. The Bertz CT molecular complexity index is 507. The molecule has 0 bridgehead atoms. The van der Waals surface area contributed by atoms with Crippen LogP contribution in [0.3, 0.4) is 0 Å². The molecule has 1 aromatic heterocycles. The highest BCUT2D eigenvalue weighted by atomic mass is 79.9. The molecule has 3 heterocycles. The molecule has 0 spiro atoms. The number of hydrogen-bond acceptors (Lipinski definition) is 5. The lowest BCUT2D eigenvalue weighted by atomic mass is 10.2. The Balaban J connectivity index is 0.00000144. The molecule has 6 nitrogen and oxygen atoms in total. The summed E-state index contributed by atoms with van der Waals surface area (Å²) in [6, 6.07) is 4.00. The average Bonchev–Trinajstić information content (AvgIpc) is 2.57. The fourth-order valence-corrected chi connectivity index (χ4v) is 3.05. The lowest BCUT2D eigenvalue weighted by Crippen LogP contribution is -2.50. The van der Waals surface area contributed by atoms with Crippen molar-refractivity contribution in [2.24, 2.45) is 0 Å². The third kappa shape index (κ3) is 5.74. The van der Waals surface area contributed by atoms with Crippen molar-refractivity contribution < 1.29 is 9.53 Å². The number of aromatic nitrogens is 1. The minimum absolute atomic E-state index is 0. The molecule has 1 N–H and O–H groups in total. The first-order chi connectivity index (χ1) is 10.7. The first-order valence-corrected chi connectivity index (χ1v) is 8.48. The normalized spacial score (nSPS) is 20.8. The summed E-state index contributed by atoms with van der Waals surface area (Å²) in [7, 11) is 0. The number of nitrogens with one attached hydrogen (secondary N) is 1. The van der Waals surface area contributed by atoms with Crippen molar-refractivity contribution in [1.29, 1.82) is 0 Å². The molecule has 2 fully saturated rings. The van der Waals surface area contributed by atoms with Crippen molar-refractivity contribution >= 4 is 52.5 Å². The van der Waals surface area contributed by atoms with E-state index in [-0.39, 0.29) is 36.8 Å². The van der Waals surface area contributed by atoms with Gasteiger partial charge >= 0.3 is 0 Å². The molecule has 2 saturated heterocycles. The largest absolute Gasteiger partial charge is 0.375 e. The van der Waals surface area contributed by atoms with Gasteiger partial charge in [-0.05, 0) is 28.1 Å². The number of piperazine rings is 1. The maximum Gasteiger partial charge on any atom is 0.225 e. The summed E-state index contributed by atoms with van der Waals surface area (Å²) in [4.78, 5) is 20.9. The Hall–Kier alpha value is -0.600. The number of carbonyl (C=O) groups is 1. The van der Waals surface area contributed by atoms with Crippen LogP contribution in [-0.4, -0.2) is 67.8 Å². The van der Waals surface area contributed by atoms with E-state index in [0.29, 0.717) is 13.0 Å². The second-order valence-corrected chi connectivity index (χ2v) is 6.52. The maximum atomic E-state index is 12.3. The lowest BCUT2D eigenvalue weighted by molar-refractivity contribution is -0.135. The van der Waals surface area contributed by atoms with Crippen molar-refractivity contribution in [2.45, 2.75) is 12.5 Å². The lowest BCUT2D eigenvalue weighted by Gasteiger charge is -2.36. The Morgan fingerprint density at radius 2 is 2.04 bits per heavy atom. The summed E-state index contributed by atoms with van der Waals surface area (Å²) in [6.45, 7) is 5.49. The smallest absolute Gasteiger partial charge is 0.225 e. The van der Waals surface area contributed by atoms with Gasteiger partial charge in [0.25, 0.3) is 0 Å². The number of amides is 1. The molecule has 1 unspecified atom stereocenters. The first-order valence-electron chi connectivity index (χ1n) is 7.69. The van der Waals surface area contributed by atoms with E-state index in [0.717, 1.165) is 49.6 Å². The molecule has 2 aliphatic heterocycles. The summed E-state index contributed by atoms with van der Waals surface area (Å²) in [6.07, 6.45) is 2.30. The van der Waals surface area contributed by atoms with Gasteiger partial charge in [-0.1, -0.05) is 0 Å². The van der Waals surface area contributed by atoms with Crippen LogP contribution >= 0.6 is 40.7 Å². The average molecular weight is 442 g/mol. The predicted molar refractivity (Wildman–Crippen MR) is 102 cm³/mol. The maximum absolute atomic E-state index is 12.3. The third-order valence-electron chi connectivity index (χ3n) is 4.07. The van der Waals surface area contributed by atoms with E-state index in [9.17, 15) is 4.79 Å². The molecule has 0 aromatic carbocycles. The molecule has 1 amide bonds. The molecule has 2 aliphatic rings. The number of ether oxygens (including phenoxy) is 1. The molecule has 3 rings (SSSR count). The Labute approximate surface area is 163 Å². The zero-order valence-electron chi connectivity index (χ0n) is 13.3. The number of carbonyl (C=O) groups excluding carboxylic acids is 1. The molecule has 0 aliphatic carbocycles. The molecular weight excluding hydrogens is 419 g/mol. The molecule has 0 saturated carbocycles. The van der Waals surface area contributed by atoms with Gasteiger partial charge in [0.1, 0.15) is 5.82 Å². The van der Waals surface area contributed by atoms with Gasteiger partial charge < -0.3 is 19.9 Å². The molecule has 136 valence electrons. The number of nitrogens with zero attached hydrogens (tertiary/aromatic N) is 3. The van der Waals surface area contributed by atoms with Gasteiger partial charge in [-0.25, -0.2) is 4.98 Å². The molecule has 0 radical (unpaired) electrons. The van der Waals surface area contributed by atoms with Gasteiger partial charge in [-0.2, -0.15) is 0 Å². The molecule has 24 heavy (non-hydrogen) atoms. The standard InChI is InChI=1S/C15H21BrN4O2.2ClH/c16-12-1-2-14(18-10-12)19-4-6-20(7-5-19)15(21)9-13-11-17-3-8-22-13;;/h1-2,10,13,17H,3-9,11H2;2*1H. The van der Waals surface area contributed by atoms with Crippen molar-refractivity contribution in [1.82, 2.24) is 15.2 Å². The number of hydrogen-bond donors (Lipinski definition) is 1. The summed E-state index contributed by atoms with van der Waals surface area (Å²) in [5.41, 5.74) is 0. The second kappa shape index (κ2) is 10.4. The quantitative estimate of drug-likeness (QED) is 0.773. The molecule has 1 atom stereocenters. The zero-order valence-corrected chi connectivity index (χ0v) is 16.5. The van der Waals surface area contributed by atoms with Gasteiger partial charge in [-0.3, -0.25) is 4.79 Å². The monoisotopic (exact) mass is 440 g/mol. The predicted octanol–water partition coefficient (Wildman–Crippen LogP) is 1.71. The second-order valence-electron chi connectivity index (χ2n) is 5.60. The number of anilines is 1. The van der Waals surface area contributed by atoms with Gasteiger partial charge in [0.2, 0.25) is 5.91 Å². The fraction of sp³-hybridized carbons (Fsp3) is 0.600. The minimum atomic E-state index is 0. The van der Waals surface area contributed by atoms with Crippen LogP contribution in [0.2, 0.25) is 0 Å². The van der Waals surface area contributed by atoms with Crippen molar-refractivity contribution in [2.75, 3.05) is 50.8 Å². The van der Waals surface area contributed by atoms with Gasteiger partial charge in [0.15, 0.2) is 0 Å². The Kier molecular flexibility index (Phi) is 9.30. The van der Waals surface area contributed by atoms with Crippen LogP contribution in [0.1, 0.15) is 6.42 Å². The van der Waals surface area contributed by atoms with E-state index in [4.69, 9.17) is 4.74 Å². The van der Waals surface area contributed by atoms with E-state index >= 15 is 0 Å². The number of morpholine rings is 1. The van der Waals surface area contributed by atoms with E-state index in [2.05, 4.69) is 31.1 Å². The van der Waals surface area contributed by atoms with E-state index in [1.165, 1.54) is 0 Å². The summed E-state index contributed by atoms with van der Waals surface area (Å²) in [5, 5.41) is 3.26. The van der Waals surface area contributed by atoms with Crippen LogP contribution in [0.5, 0.6) is 0 Å². The van der Waals surface area contributed by atoms with E-state index < -0.39 is 0 Å². The first kappa shape index (κ1) is 21.4. The van der Waals surface area contributed by atoms with Gasteiger partial charge in [0.05, 0.1) is 19.1 Å². The highest BCUT2D eigenvalue weighted by molar-refractivity contribution is 9.10. The van der Waals surface area contributed by atoms with Crippen LogP contribution < -0.4 is 10.2 Å². The van der Waals surface area contributed by atoms with Crippen LogP contribution in [0.25, 0.3) is 0 Å². The summed E-state index contributed by atoms with van der Waals surface area (Å²) >= 11 is 3.39. The van der Waals surface area contributed by atoms with Gasteiger partial charge in [0, 0.05) is 49.9 Å². The zero-order chi connectivity index (χ0) is 15.4. The Morgan fingerprint density at radius 3 is 2.62 bits per heavy atom. The highest BCUT2D eigenvalue weighted by Crippen LogP contribution is 2.17. The fourth-order valence-electron chi connectivity index (χ4n) is 2.81. The SMILES string of the molecule is Cl.Cl.O=C(CC1CNCCO1)N1CCN(c2ccc(Br)cn2)CC1. The minimum Gasteiger partial charge on any atom is -0.375 e. The van der Waals surface area contributed by atoms with Crippen LogP contribution in [-0.2, 0) is 9.53 Å². The Morgan fingerprint density at radius 1 is 1.29 bits per heavy atom. The number of halogens is 3. The molecule has 1 aromatic rings. The third-order valence-corrected chi connectivity index (χ3v) is 4.54. The molecular formula is C15H23BrCl2N4O2. The summed E-state index contributed by atoms with van der Waals surface area (Å²) < 4.78 is 6.58. The summed E-state index contributed by atoms with van der Waals surface area (Å²) in [5.74, 6) is 1.16. The van der Waals surface area contributed by atoms with Crippen molar-refractivity contribution in [3.05, 3.63) is 22.8 Å². The highest BCUT2D eigenvalue weighted by Gasteiger charge is 2.25. The van der Waals surface area contributed by atoms with E-state index in [1.807, 2.05) is 17.0 Å². The van der Waals surface area contributed by atoms with Crippen LogP contribution in [0, 0.1) is 0 Å². The van der Waals surface area contributed by atoms with Crippen LogP contribution in [0.15, 0.2) is 22.8 Å². The number of rotatable bonds is 3. The molecule has 9 heteroatoms. The van der Waals surface area contributed by atoms with Crippen molar-refractivity contribution in [3.63, 3.8) is 0 Å². The van der Waals surface area contributed by atoms with Gasteiger partial charge in [-0.15, -0.1) is 24.8 Å². The van der Waals surface area contributed by atoms with Crippen LogP contribution in [0.4, 0.5) is 5.82 Å². The topological polar surface area (TPSA) is 57.7 Å². The van der Waals surface area contributed by atoms with Crippen molar-refractivity contribution in [3.8, 4) is 0 Å².